The minimum atomic E-state index is 0.441. The lowest BCUT2D eigenvalue weighted by molar-refractivity contribution is 0.398. The van der Waals surface area contributed by atoms with Gasteiger partial charge in [-0.3, -0.25) is 5.10 Å². The maximum absolute atomic E-state index is 5.70. The number of aromatic amines is 1. The fourth-order valence-electron chi connectivity index (χ4n) is 1.19. The lowest BCUT2D eigenvalue weighted by Gasteiger charge is -2.00. The number of methoxy groups -OCH3 is 1. The second-order valence-corrected chi connectivity index (χ2v) is 2.65. The standard InChI is InChI=1S/C8H9N5O/c1-14-8-6(7(9)12-13-8)5-2-10-4-11-3-5/h2-4H,1H3,(H3,9,12,13). The topological polar surface area (TPSA) is 89.7 Å². The third-order valence-electron chi connectivity index (χ3n) is 1.80. The van der Waals surface area contributed by atoms with Crippen molar-refractivity contribution in [1.29, 1.82) is 0 Å². The fourth-order valence-corrected chi connectivity index (χ4v) is 1.19. The molecule has 6 nitrogen and oxygen atoms in total. The summed E-state index contributed by atoms with van der Waals surface area (Å²) in [5.41, 5.74) is 7.16. The van der Waals surface area contributed by atoms with Crippen LogP contribution in [-0.4, -0.2) is 27.3 Å². The molecule has 2 heterocycles. The molecular formula is C8H9N5O. The number of rotatable bonds is 2. The Morgan fingerprint density at radius 2 is 2.07 bits per heavy atom. The molecule has 2 aromatic rings. The predicted octanol–water partition coefficient (Wildman–Crippen LogP) is 0.457. The van der Waals surface area contributed by atoms with E-state index in [1.54, 1.807) is 12.4 Å². The molecule has 0 bridgehead atoms. The van der Waals surface area contributed by atoms with Gasteiger partial charge in [0, 0.05) is 18.0 Å². The Balaban J connectivity index is 2.55. The van der Waals surface area contributed by atoms with Crippen LogP contribution in [0.3, 0.4) is 0 Å². The average molecular weight is 191 g/mol. The molecule has 6 heteroatoms. The number of anilines is 1. The third-order valence-corrected chi connectivity index (χ3v) is 1.80. The van der Waals surface area contributed by atoms with E-state index in [-0.39, 0.29) is 0 Å². The van der Waals surface area contributed by atoms with E-state index in [0.29, 0.717) is 17.3 Å². The number of H-pyrrole nitrogens is 1. The molecule has 0 aliphatic rings. The average Bonchev–Trinajstić information content (AvgIpc) is 2.61. The van der Waals surface area contributed by atoms with E-state index in [1.165, 1.54) is 13.4 Å². The van der Waals surface area contributed by atoms with Crippen LogP contribution in [-0.2, 0) is 0 Å². The summed E-state index contributed by atoms with van der Waals surface area (Å²) in [6.45, 7) is 0. The van der Waals surface area contributed by atoms with E-state index < -0.39 is 0 Å². The first-order chi connectivity index (χ1) is 6.83. The molecule has 2 rings (SSSR count). The van der Waals surface area contributed by atoms with Crippen LogP contribution in [0, 0.1) is 0 Å². The number of nitrogens with one attached hydrogen (secondary N) is 1. The molecule has 14 heavy (non-hydrogen) atoms. The van der Waals surface area contributed by atoms with Gasteiger partial charge in [-0.15, -0.1) is 5.10 Å². The van der Waals surface area contributed by atoms with E-state index in [9.17, 15) is 0 Å². The van der Waals surface area contributed by atoms with Crippen LogP contribution in [0.5, 0.6) is 5.88 Å². The van der Waals surface area contributed by atoms with Gasteiger partial charge in [-0.1, -0.05) is 0 Å². The summed E-state index contributed by atoms with van der Waals surface area (Å²) in [4.78, 5) is 7.79. The highest BCUT2D eigenvalue weighted by Crippen LogP contribution is 2.31. The smallest absolute Gasteiger partial charge is 0.242 e. The summed E-state index contributed by atoms with van der Waals surface area (Å²) < 4.78 is 5.04. The van der Waals surface area contributed by atoms with Crippen LogP contribution in [0.2, 0.25) is 0 Å². The van der Waals surface area contributed by atoms with Crippen LogP contribution in [0.25, 0.3) is 11.1 Å². The highest BCUT2D eigenvalue weighted by molar-refractivity contribution is 5.77. The molecule has 0 amide bonds. The number of hydrogen-bond acceptors (Lipinski definition) is 5. The molecule has 0 spiro atoms. The first-order valence-corrected chi connectivity index (χ1v) is 3.96. The Hall–Kier alpha value is -2.11. The van der Waals surface area contributed by atoms with Gasteiger partial charge in [-0.2, -0.15) is 0 Å². The summed E-state index contributed by atoms with van der Waals surface area (Å²) >= 11 is 0. The van der Waals surface area contributed by atoms with Crippen LogP contribution in [0.1, 0.15) is 0 Å². The van der Waals surface area contributed by atoms with Gasteiger partial charge in [0.1, 0.15) is 12.1 Å². The molecule has 0 saturated carbocycles. The number of hydrogen-bond donors (Lipinski definition) is 2. The molecule has 3 N–H and O–H groups in total. The summed E-state index contributed by atoms with van der Waals surface area (Å²) in [6.07, 6.45) is 4.75. The van der Waals surface area contributed by atoms with Crippen LogP contribution in [0.15, 0.2) is 18.7 Å². The molecule has 0 aliphatic carbocycles. The fraction of sp³-hybridized carbons (Fsp3) is 0.125. The van der Waals surface area contributed by atoms with Crippen molar-refractivity contribution in [2.75, 3.05) is 12.8 Å². The second-order valence-electron chi connectivity index (χ2n) is 2.65. The van der Waals surface area contributed by atoms with Crippen molar-refractivity contribution in [3.8, 4) is 17.0 Å². The van der Waals surface area contributed by atoms with Crippen LogP contribution in [0.4, 0.5) is 5.82 Å². The monoisotopic (exact) mass is 191 g/mol. The highest BCUT2D eigenvalue weighted by atomic mass is 16.5. The molecule has 0 unspecified atom stereocenters. The van der Waals surface area contributed by atoms with E-state index in [4.69, 9.17) is 10.5 Å². The van der Waals surface area contributed by atoms with Crippen LogP contribution >= 0.6 is 0 Å². The van der Waals surface area contributed by atoms with Crippen molar-refractivity contribution in [1.82, 2.24) is 20.2 Å². The molecule has 0 fully saturated rings. The predicted molar refractivity (Wildman–Crippen MR) is 50.6 cm³/mol. The largest absolute Gasteiger partial charge is 0.479 e. The molecule has 0 saturated heterocycles. The summed E-state index contributed by atoms with van der Waals surface area (Å²) in [7, 11) is 1.53. The summed E-state index contributed by atoms with van der Waals surface area (Å²) in [5.74, 6) is 0.883. The van der Waals surface area contributed by atoms with Crippen molar-refractivity contribution in [2.24, 2.45) is 0 Å². The van der Waals surface area contributed by atoms with E-state index >= 15 is 0 Å². The van der Waals surface area contributed by atoms with Crippen molar-refractivity contribution in [3.63, 3.8) is 0 Å². The van der Waals surface area contributed by atoms with Gasteiger partial charge < -0.3 is 10.5 Å². The minimum absolute atomic E-state index is 0.441. The first kappa shape index (κ1) is 8.49. The SMILES string of the molecule is COc1n[nH]c(N)c1-c1cncnc1. The van der Waals surface area contributed by atoms with Crippen molar-refractivity contribution < 1.29 is 4.74 Å². The van der Waals surface area contributed by atoms with Gasteiger partial charge in [0.2, 0.25) is 5.88 Å². The molecule has 0 aliphatic heterocycles. The van der Waals surface area contributed by atoms with Gasteiger partial charge in [0.25, 0.3) is 0 Å². The van der Waals surface area contributed by atoms with Crippen molar-refractivity contribution in [3.05, 3.63) is 18.7 Å². The van der Waals surface area contributed by atoms with E-state index in [2.05, 4.69) is 20.2 Å². The zero-order chi connectivity index (χ0) is 9.97. The normalized spacial score (nSPS) is 10.1. The zero-order valence-corrected chi connectivity index (χ0v) is 7.56. The van der Waals surface area contributed by atoms with Gasteiger partial charge in [-0.05, 0) is 0 Å². The Morgan fingerprint density at radius 3 is 2.71 bits per heavy atom. The number of nitrogens with zero attached hydrogens (tertiary/aromatic N) is 3. The van der Waals surface area contributed by atoms with Crippen molar-refractivity contribution in [2.45, 2.75) is 0 Å². The molecule has 0 aromatic carbocycles. The molecule has 0 radical (unpaired) electrons. The lowest BCUT2D eigenvalue weighted by Crippen LogP contribution is -1.90. The summed E-state index contributed by atoms with van der Waals surface area (Å²) in [6, 6.07) is 0. The van der Waals surface area contributed by atoms with E-state index in [0.717, 1.165) is 5.56 Å². The number of ether oxygens (including phenoxy) is 1. The Morgan fingerprint density at radius 1 is 1.36 bits per heavy atom. The third kappa shape index (κ3) is 1.26. The molecule has 72 valence electrons. The highest BCUT2D eigenvalue weighted by Gasteiger charge is 2.13. The van der Waals surface area contributed by atoms with Crippen molar-refractivity contribution >= 4 is 5.82 Å². The summed E-state index contributed by atoms with van der Waals surface area (Å²) in [5, 5.41) is 6.52. The van der Waals surface area contributed by atoms with Gasteiger partial charge in [0.05, 0.1) is 12.7 Å². The zero-order valence-electron chi connectivity index (χ0n) is 7.56. The minimum Gasteiger partial charge on any atom is -0.479 e. The number of nitrogen functional groups attached to an aromatic ring is 1. The quantitative estimate of drug-likeness (QED) is 0.719. The van der Waals surface area contributed by atoms with Gasteiger partial charge in [0.15, 0.2) is 0 Å². The first-order valence-electron chi connectivity index (χ1n) is 3.96. The Labute approximate surface area is 80.1 Å². The number of aromatic nitrogens is 4. The Bertz CT molecular complexity index is 425. The maximum atomic E-state index is 5.70. The number of nitrogens with two attached hydrogens (primary N) is 1. The van der Waals surface area contributed by atoms with Gasteiger partial charge >= 0.3 is 0 Å². The molecular weight excluding hydrogens is 182 g/mol. The van der Waals surface area contributed by atoms with Crippen LogP contribution < -0.4 is 10.5 Å². The Kier molecular flexibility index (Phi) is 2.02. The maximum Gasteiger partial charge on any atom is 0.242 e. The van der Waals surface area contributed by atoms with Gasteiger partial charge in [-0.25, -0.2) is 9.97 Å². The molecule has 0 atom stereocenters. The van der Waals surface area contributed by atoms with E-state index in [1.807, 2.05) is 0 Å². The molecule has 2 aromatic heterocycles. The second kappa shape index (κ2) is 3.33. The lowest BCUT2D eigenvalue weighted by atomic mass is 10.2.